The summed E-state index contributed by atoms with van der Waals surface area (Å²) in [5.41, 5.74) is 0.842. The fraction of sp³-hybridized carbons (Fsp3) is 0.389. The maximum Gasteiger partial charge on any atom is 0.249 e. The van der Waals surface area contributed by atoms with E-state index >= 15 is 0 Å². The van der Waals surface area contributed by atoms with Crippen LogP contribution in [0.4, 0.5) is 4.39 Å². The van der Waals surface area contributed by atoms with Crippen LogP contribution in [0.2, 0.25) is 0 Å². The van der Waals surface area contributed by atoms with Gasteiger partial charge in [-0.3, -0.25) is 4.79 Å². The summed E-state index contributed by atoms with van der Waals surface area (Å²) in [5.74, 6) is 0.653. The molecule has 1 aliphatic rings. The van der Waals surface area contributed by atoms with Crippen molar-refractivity contribution in [2.75, 3.05) is 13.7 Å². The summed E-state index contributed by atoms with van der Waals surface area (Å²) >= 11 is 0. The summed E-state index contributed by atoms with van der Waals surface area (Å²) in [5, 5.41) is 3.81. The monoisotopic (exact) mass is 345 g/mol. The van der Waals surface area contributed by atoms with Gasteiger partial charge in [0, 0.05) is 26.5 Å². The molecule has 2 heterocycles. The lowest BCUT2D eigenvalue weighted by atomic mass is 10.1. The van der Waals surface area contributed by atoms with Crippen LogP contribution in [0.25, 0.3) is 6.08 Å². The van der Waals surface area contributed by atoms with Crippen LogP contribution in [-0.2, 0) is 9.53 Å². The van der Waals surface area contributed by atoms with Gasteiger partial charge in [-0.1, -0.05) is 29.4 Å². The third-order valence-corrected chi connectivity index (χ3v) is 4.22. The molecule has 25 heavy (non-hydrogen) atoms. The molecule has 0 unspecified atom stereocenters. The molecule has 1 fully saturated rings. The molecule has 0 saturated carbocycles. The number of methoxy groups -OCH3 is 1. The van der Waals surface area contributed by atoms with E-state index < -0.39 is 0 Å². The SMILES string of the molecule is CO[C@H]1C[C@H](c2nc(C)no2)N(C(=O)C/C=C/c2ccc(F)cc2)C1. The van der Waals surface area contributed by atoms with Gasteiger partial charge in [0.05, 0.1) is 6.10 Å². The molecule has 0 aliphatic carbocycles. The van der Waals surface area contributed by atoms with E-state index in [4.69, 9.17) is 9.26 Å². The van der Waals surface area contributed by atoms with E-state index in [2.05, 4.69) is 10.1 Å². The number of rotatable bonds is 5. The van der Waals surface area contributed by atoms with Crippen LogP contribution in [0.1, 0.15) is 36.2 Å². The molecule has 7 heteroatoms. The van der Waals surface area contributed by atoms with Gasteiger partial charge < -0.3 is 14.2 Å². The molecular formula is C18H20FN3O3. The Hall–Kier alpha value is -2.54. The number of amides is 1. The second-order valence-corrected chi connectivity index (χ2v) is 5.99. The van der Waals surface area contributed by atoms with Crippen molar-refractivity contribution >= 4 is 12.0 Å². The third kappa shape index (κ3) is 4.11. The standard InChI is InChI=1S/C18H20FN3O3/c1-12-20-18(25-21-12)16-10-15(24-2)11-22(16)17(23)5-3-4-13-6-8-14(19)9-7-13/h3-4,6-9,15-16H,5,10-11H2,1-2H3/b4-3+/t15-,16+/m0/s1. The summed E-state index contributed by atoms with van der Waals surface area (Å²) in [6.07, 6.45) is 4.38. The highest BCUT2D eigenvalue weighted by Gasteiger charge is 2.38. The molecule has 6 nitrogen and oxygen atoms in total. The maximum absolute atomic E-state index is 12.9. The molecule has 132 valence electrons. The van der Waals surface area contributed by atoms with Crippen LogP contribution >= 0.6 is 0 Å². The van der Waals surface area contributed by atoms with Crippen LogP contribution in [-0.4, -0.2) is 40.7 Å². The van der Waals surface area contributed by atoms with Crippen molar-refractivity contribution in [3.8, 4) is 0 Å². The van der Waals surface area contributed by atoms with Gasteiger partial charge in [0.25, 0.3) is 0 Å². The van der Waals surface area contributed by atoms with Crippen molar-refractivity contribution in [3.63, 3.8) is 0 Å². The van der Waals surface area contributed by atoms with E-state index in [-0.39, 0.29) is 30.3 Å². The quantitative estimate of drug-likeness (QED) is 0.833. The number of aryl methyl sites for hydroxylation is 1. The number of halogens is 1. The lowest BCUT2D eigenvalue weighted by molar-refractivity contribution is -0.132. The van der Waals surface area contributed by atoms with E-state index in [0.717, 1.165) is 5.56 Å². The largest absolute Gasteiger partial charge is 0.380 e. The second-order valence-electron chi connectivity index (χ2n) is 5.99. The molecule has 0 spiro atoms. The van der Waals surface area contributed by atoms with Gasteiger partial charge in [-0.05, 0) is 24.6 Å². The van der Waals surface area contributed by atoms with Gasteiger partial charge in [-0.25, -0.2) is 4.39 Å². The van der Waals surface area contributed by atoms with Gasteiger partial charge >= 0.3 is 0 Å². The van der Waals surface area contributed by atoms with Crippen molar-refractivity contribution in [1.29, 1.82) is 0 Å². The zero-order valence-corrected chi connectivity index (χ0v) is 14.2. The Morgan fingerprint density at radius 1 is 1.44 bits per heavy atom. The zero-order chi connectivity index (χ0) is 17.8. The Labute approximate surface area is 145 Å². The number of aromatic nitrogens is 2. The predicted molar refractivity (Wildman–Crippen MR) is 89.0 cm³/mol. The number of carbonyl (C=O) groups excluding carboxylic acids is 1. The predicted octanol–water partition coefficient (Wildman–Crippen LogP) is 2.91. The lowest BCUT2D eigenvalue weighted by Gasteiger charge is -2.20. The zero-order valence-electron chi connectivity index (χ0n) is 14.2. The molecule has 1 amide bonds. The van der Waals surface area contributed by atoms with Crippen LogP contribution in [0.5, 0.6) is 0 Å². The third-order valence-electron chi connectivity index (χ3n) is 4.22. The summed E-state index contributed by atoms with van der Waals surface area (Å²) in [6, 6.07) is 5.84. The first-order valence-corrected chi connectivity index (χ1v) is 8.11. The summed E-state index contributed by atoms with van der Waals surface area (Å²) in [6.45, 7) is 2.24. The molecule has 1 aromatic heterocycles. The molecule has 2 aromatic rings. The van der Waals surface area contributed by atoms with E-state index in [1.807, 2.05) is 0 Å². The van der Waals surface area contributed by atoms with Gasteiger partial charge in [0.1, 0.15) is 11.9 Å². The molecule has 0 N–H and O–H groups in total. The molecular weight excluding hydrogens is 325 g/mol. The summed E-state index contributed by atoms with van der Waals surface area (Å²) < 4.78 is 23.5. The molecule has 1 aromatic carbocycles. The molecule has 2 atom stereocenters. The van der Waals surface area contributed by atoms with Gasteiger partial charge in [0.15, 0.2) is 5.82 Å². The van der Waals surface area contributed by atoms with Crippen LogP contribution in [0.3, 0.4) is 0 Å². The summed E-state index contributed by atoms with van der Waals surface area (Å²) in [4.78, 5) is 18.6. The van der Waals surface area contributed by atoms with Crippen molar-refractivity contribution in [2.45, 2.75) is 31.9 Å². The Kier molecular flexibility index (Phi) is 5.23. The van der Waals surface area contributed by atoms with E-state index in [1.54, 1.807) is 43.2 Å². The Bertz CT molecular complexity index is 757. The fourth-order valence-electron chi connectivity index (χ4n) is 2.91. The molecule has 0 radical (unpaired) electrons. The van der Waals surface area contributed by atoms with Crippen LogP contribution in [0.15, 0.2) is 34.9 Å². The Balaban J connectivity index is 1.67. The lowest BCUT2D eigenvalue weighted by Crippen LogP contribution is -2.31. The van der Waals surface area contributed by atoms with E-state index in [0.29, 0.717) is 24.7 Å². The number of hydrogen-bond acceptors (Lipinski definition) is 5. The molecule has 1 saturated heterocycles. The summed E-state index contributed by atoms with van der Waals surface area (Å²) in [7, 11) is 1.63. The highest BCUT2D eigenvalue weighted by Crippen LogP contribution is 2.33. The van der Waals surface area contributed by atoms with Crippen molar-refractivity contribution in [2.24, 2.45) is 0 Å². The fourth-order valence-corrected chi connectivity index (χ4v) is 2.91. The Morgan fingerprint density at radius 2 is 2.20 bits per heavy atom. The van der Waals surface area contributed by atoms with Crippen molar-refractivity contribution in [3.05, 3.63) is 53.4 Å². The van der Waals surface area contributed by atoms with Crippen LogP contribution < -0.4 is 0 Å². The number of hydrogen-bond donors (Lipinski definition) is 0. The first-order valence-electron chi connectivity index (χ1n) is 8.11. The average molecular weight is 345 g/mol. The van der Waals surface area contributed by atoms with E-state index in [9.17, 15) is 9.18 Å². The van der Waals surface area contributed by atoms with Crippen LogP contribution in [0, 0.1) is 12.7 Å². The first-order chi connectivity index (χ1) is 12.1. The first kappa shape index (κ1) is 17.3. The minimum Gasteiger partial charge on any atom is -0.380 e. The highest BCUT2D eigenvalue weighted by molar-refractivity contribution is 5.79. The average Bonchev–Trinajstić information content (AvgIpc) is 3.22. The minimum atomic E-state index is -0.284. The number of ether oxygens (including phenoxy) is 1. The van der Waals surface area contributed by atoms with Gasteiger partial charge in [-0.2, -0.15) is 4.98 Å². The number of carbonyl (C=O) groups is 1. The van der Waals surface area contributed by atoms with Crippen molar-refractivity contribution < 1.29 is 18.4 Å². The second kappa shape index (κ2) is 7.57. The minimum absolute atomic E-state index is 0.0428. The number of likely N-dealkylation sites (tertiary alicyclic amines) is 1. The number of benzene rings is 1. The maximum atomic E-state index is 12.9. The van der Waals surface area contributed by atoms with Gasteiger partial charge in [-0.15, -0.1) is 0 Å². The molecule has 0 bridgehead atoms. The van der Waals surface area contributed by atoms with Gasteiger partial charge in [0.2, 0.25) is 11.8 Å². The Morgan fingerprint density at radius 3 is 2.84 bits per heavy atom. The highest BCUT2D eigenvalue weighted by atomic mass is 19.1. The molecule has 3 rings (SSSR count). The van der Waals surface area contributed by atoms with E-state index in [1.165, 1.54) is 12.1 Å². The molecule has 1 aliphatic heterocycles. The normalized spacial score (nSPS) is 20.5. The smallest absolute Gasteiger partial charge is 0.249 e. The topological polar surface area (TPSA) is 68.5 Å². The number of nitrogens with zero attached hydrogens (tertiary/aromatic N) is 3. The van der Waals surface area contributed by atoms with Crippen molar-refractivity contribution in [1.82, 2.24) is 15.0 Å².